The van der Waals surface area contributed by atoms with E-state index in [-0.39, 0.29) is 17.1 Å². The molecule has 0 saturated carbocycles. The van der Waals surface area contributed by atoms with E-state index >= 15 is 0 Å². The summed E-state index contributed by atoms with van der Waals surface area (Å²) in [6.07, 6.45) is 1.88. The zero-order valence-corrected chi connectivity index (χ0v) is 15.1. The van der Waals surface area contributed by atoms with Crippen LogP contribution in [-0.2, 0) is 5.41 Å². The van der Waals surface area contributed by atoms with Crippen molar-refractivity contribution in [3.63, 3.8) is 0 Å². The van der Waals surface area contributed by atoms with Gasteiger partial charge >= 0.3 is 0 Å². The number of nitrogens with one attached hydrogen (secondary N) is 2. The van der Waals surface area contributed by atoms with Crippen molar-refractivity contribution in [2.45, 2.75) is 19.3 Å². The van der Waals surface area contributed by atoms with Gasteiger partial charge in [0.15, 0.2) is 0 Å². The van der Waals surface area contributed by atoms with Crippen molar-refractivity contribution < 1.29 is 9.18 Å². The van der Waals surface area contributed by atoms with Gasteiger partial charge in [-0.2, -0.15) is 0 Å². The number of hydrogen-bond acceptors (Lipinski definition) is 1. The number of carbonyl (C=O) groups is 1. The van der Waals surface area contributed by atoms with Crippen LogP contribution in [0.15, 0.2) is 53.1 Å². The van der Waals surface area contributed by atoms with Crippen molar-refractivity contribution >= 4 is 32.7 Å². The van der Waals surface area contributed by atoms with Crippen LogP contribution in [0.3, 0.4) is 0 Å². The molecule has 24 heavy (non-hydrogen) atoms. The molecule has 0 fully saturated rings. The van der Waals surface area contributed by atoms with E-state index in [0.717, 1.165) is 20.9 Å². The van der Waals surface area contributed by atoms with Gasteiger partial charge in [-0.1, -0.05) is 35.8 Å². The minimum absolute atomic E-state index is 0.115. The first kappa shape index (κ1) is 16.7. The van der Waals surface area contributed by atoms with Gasteiger partial charge in [-0.15, -0.1) is 0 Å². The highest BCUT2D eigenvalue weighted by Gasteiger charge is 2.25. The summed E-state index contributed by atoms with van der Waals surface area (Å²) in [6.45, 7) is 4.59. The fourth-order valence-corrected chi connectivity index (χ4v) is 3.19. The van der Waals surface area contributed by atoms with Gasteiger partial charge in [0.1, 0.15) is 5.82 Å². The highest BCUT2D eigenvalue weighted by molar-refractivity contribution is 9.10. The quantitative estimate of drug-likeness (QED) is 0.663. The summed E-state index contributed by atoms with van der Waals surface area (Å²) in [5, 5.41) is 3.95. The van der Waals surface area contributed by atoms with E-state index in [1.54, 1.807) is 18.2 Å². The van der Waals surface area contributed by atoms with Crippen molar-refractivity contribution in [2.75, 3.05) is 6.54 Å². The number of fused-ring (bicyclic) bond motifs is 1. The SMILES string of the molecule is CC(C)(CNC(=O)c1cccc(Br)c1)c1c[nH]c2cc(F)ccc12. The molecule has 3 nitrogen and oxygen atoms in total. The minimum Gasteiger partial charge on any atom is -0.361 e. The summed E-state index contributed by atoms with van der Waals surface area (Å²) < 4.78 is 14.2. The third-order valence-electron chi connectivity index (χ3n) is 4.15. The van der Waals surface area contributed by atoms with Gasteiger partial charge in [-0.05, 0) is 42.0 Å². The zero-order valence-electron chi connectivity index (χ0n) is 13.5. The lowest BCUT2D eigenvalue weighted by Gasteiger charge is -2.25. The van der Waals surface area contributed by atoms with Crippen LogP contribution in [-0.4, -0.2) is 17.4 Å². The molecule has 3 rings (SSSR count). The number of amides is 1. The van der Waals surface area contributed by atoms with Gasteiger partial charge < -0.3 is 10.3 Å². The Hall–Kier alpha value is -2.14. The average Bonchev–Trinajstić information content (AvgIpc) is 2.96. The van der Waals surface area contributed by atoms with Gasteiger partial charge in [-0.3, -0.25) is 4.79 Å². The molecule has 124 valence electrons. The van der Waals surface area contributed by atoms with E-state index in [2.05, 4.69) is 40.1 Å². The monoisotopic (exact) mass is 388 g/mol. The van der Waals surface area contributed by atoms with E-state index < -0.39 is 0 Å². The second kappa shape index (κ2) is 6.40. The molecule has 2 N–H and O–H groups in total. The largest absolute Gasteiger partial charge is 0.361 e. The fourth-order valence-electron chi connectivity index (χ4n) is 2.79. The molecule has 0 aliphatic rings. The summed E-state index contributed by atoms with van der Waals surface area (Å²) in [5.74, 6) is -0.382. The number of H-pyrrole nitrogens is 1. The molecule has 0 unspecified atom stereocenters. The lowest BCUT2D eigenvalue weighted by molar-refractivity contribution is 0.0945. The van der Waals surface area contributed by atoms with E-state index in [1.165, 1.54) is 12.1 Å². The van der Waals surface area contributed by atoms with E-state index in [4.69, 9.17) is 0 Å². The van der Waals surface area contributed by atoms with Gasteiger partial charge in [0.05, 0.1) is 0 Å². The first-order valence-corrected chi connectivity index (χ1v) is 8.47. The molecular weight excluding hydrogens is 371 g/mol. The molecule has 0 saturated heterocycles. The summed E-state index contributed by atoms with van der Waals surface area (Å²) in [6, 6.07) is 12.0. The summed E-state index contributed by atoms with van der Waals surface area (Å²) in [4.78, 5) is 15.4. The first-order valence-electron chi connectivity index (χ1n) is 7.68. The summed E-state index contributed by atoms with van der Waals surface area (Å²) >= 11 is 3.37. The maximum Gasteiger partial charge on any atom is 0.251 e. The molecule has 3 aromatic rings. The molecule has 2 aromatic carbocycles. The Bertz CT molecular complexity index is 901. The van der Waals surface area contributed by atoms with Gasteiger partial charge in [-0.25, -0.2) is 4.39 Å². The summed E-state index contributed by atoms with van der Waals surface area (Å²) in [7, 11) is 0. The lowest BCUT2D eigenvalue weighted by Crippen LogP contribution is -2.36. The molecule has 0 aliphatic carbocycles. The maximum absolute atomic E-state index is 13.3. The van der Waals surface area contributed by atoms with Crippen LogP contribution >= 0.6 is 15.9 Å². The highest BCUT2D eigenvalue weighted by Crippen LogP contribution is 2.30. The van der Waals surface area contributed by atoms with Crippen molar-refractivity contribution in [1.82, 2.24) is 10.3 Å². The standard InChI is InChI=1S/C19H18BrFN2O/c1-19(2,11-23-18(24)12-4-3-5-13(20)8-12)16-10-22-17-9-14(21)6-7-15(16)17/h3-10,22H,11H2,1-2H3,(H,23,24). The van der Waals surface area contributed by atoms with Crippen molar-refractivity contribution in [3.8, 4) is 0 Å². The third kappa shape index (κ3) is 3.36. The molecule has 1 amide bonds. The number of aromatic nitrogens is 1. The Kier molecular flexibility index (Phi) is 4.45. The van der Waals surface area contributed by atoms with Crippen molar-refractivity contribution in [1.29, 1.82) is 0 Å². The number of aromatic amines is 1. The second-order valence-corrected chi connectivity index (χ2v) is 7.38. The smallest absolute Gasteiger partial charge is 0.251 e. The molecule has 0 aliphatic heterocycles. The van der Waals surface area contributed by atoms with Gasteiger partial charge in [0, 0.05) is 39.1 Å². The minimum atomic E-state index is -0.294. The van der Waals surface area contributed by atoms with Crippen LogP contribution in [0.5, 0.6) is 0 Å². The molecule has 5 heteroatoms. The van der Waals surface area contributed by atoms with Crippen molar-refractivity contribution in [3.05, 3.63) is 70.1 Å². The van der Waals surface area contributed by atoms with Crippen LogP contribution in [0.2, 0.25) is 0 Å². The lowest BCUT2D eigenvalue weighted by atomic mass is 9.84. The topological polar surface area (TPSA) is 44.9 Å². The number of benzene rings is 2. The van der Waals surface area contributed by atoms with E-state index in [0.29, 0.717) is 12.1 Å². The molecule has 0 radical (unpaired) electrons. The third-order valence-corrected chi connectivity index (χ3v) is 4.64. The molecule has 0 atom stereocenters. The van der Waals surface area contributed by atoms with Crippen molar-refractivity contribution in [2.24, 2.45) is 0 Å². The Morgan fingerprint density at radius 2 is 2.04 bits per heavy atom. The Balaban J connectivity index is 1.79. The average molecular weight is 389 g/mol. The van der Waals surface area contributed by atoms with Crippen LogP contribution in [0, 0.1) is 5.82 Å². The number of hydrogen-bond donors (Lipinski definition) is 2. The van der Waals surface area contributed by atoms with Crippen LogP contribution in [0.4, 0.5) is 4.39 Å². The second-order valence-electron chi connectivity index (χ2n) is 6.47. The molecule has 0 bridgehead atoms. The van der Waals surface area contributed by atoms with Crippen LogP contribution in [0.1, 0.15) is 29.8 Å². The predicted octanol–water partition coefficient (Wildman–Crippen LogP) is 4.78. The van der Waals surface area contributed by atoms with Crippen LogP contribution < -0.4 is 5.32 Å². The fraction of sp³-hybridized carbons (Fsp3) is 0.211. The predicted molar refractivity (Wildman–Crippen MR) is 97.8 cm³/mol. The maximum atomic E-state index is 13.3. The normalized spacial score (nSPS) is 11.7. The van der Waals surface area contributed by atoms with Crippen LogP contribution in [0.25, 0.3) is 10.9 Å². The van der Waals surface area contributed by atoms with Gasteiger partial charge in [0.25, 0.3) is 5.91 Å². The Labute approximate surface area is 148 Å². The number of carbonyl (C=O) groups excluding carboxylic acids is 1. The molecule has 1 aromatic heterocycles. The Morgan fingerprint density at radius 3 is 2.79 bits per heavy atom. The highest BCUT2D eigenvalue weighted by atomic mass is 79.9. The van der Waals surface area contributed by atoms with E-state index in [1.807, 2.05) is 18.3 Å². The number of rotatable bonds is 4. The Morgan fingerprint density at radius 1 is 1.25 bits per heavy atom. The van der Waals surface area contributed by atoms with E-state index in [9.17, 15) is 9.18 Å². The molecule has 0 spiro atoms. The first-order chi connectivity index (χ1) is 11.4. The summed E-state index contributed by atoms with van der Waals surface area (Å²) in [5.41, 5.74) is 2.13. The molecule has 1 heterocycles. The van der Waals surface area contributed by atoms with Gasteiger partial charge in [0.2, 0.25) is 0 Å². The zero-order chi connectivity index (χ0) is 17.3. The number of halogens is 2. The molecular formula is C19H18BrFN2O.